The van der Waals surface area contributed by atoms with Crippen molar-refractivity contribution in [3.05, 3.63) is 74.9 Å². The molecule has 0 aliphatic rings. The van der Waals surface area contributed by atoms with E-state index in [-0.39, 0.29) is 18.1 Å². The van der Waals surface area contributed by atoms with E-state index in [2.05, 4.69) is 35.6 Å². The van der Waals surface area contributed by atoms with Crippen LogP contribution in [0.3, 0.4) is 0 Å². The van der Waals surface area contributed by atoms with E-state index in [0.717, 1.165) is 5.69 Å². The molecule has 0 fully saturated rings. The Hall–Kier alpha value is -3.80. The summed E-state index contributed by atoms with van der Waals surface area (Å²) >= 11 is 12.5. The highest BCUT2D eigenvalue weighted by Crippen LogP contribution is 2.35. The molecule has 0 amide bonds. The van der Waals surface area contributed by atoms with Crippen molar-refractivity contribution in [3.63, 3.8) is 0 Å². The first-order chi connectivity index (χ1) is 16.4. The van der Waals surface area contributed by atoms with E-state index in [9.17, 15) is 10.1 Å². The molecule has 4 rings (SSSR count). The molecule has 1 atom stereocenters. The van der Waals surface area contributed by atoms with Gasteiger partial charge in [0.2, 0.25) is 11.8 Å². The van der Waals surface area contributed by atoms with Gasteiger partial charge in [-0.2, -0.15) is 0 Å². The molecule has 11 nitrogen and oxygen atoms in total. The Labute approximate surface area is 203 Å². The van der Waals surface area contributed by atoms with Gasteiger partial charge < -0.3 is 21.4 Å². The Kier molecular flexibility index (Phi) is 6.87. The number of aromatic amines is 1. The number of nitrogens with two attached hydrogens (primary N) is 1. The topological polar surface area (TPSA) is 161 Å². The third-order valence-electron chi connectivity index (χ3n) is 4.95. The summed E-state index contributed by atoms with van der Waals surface area (Å²) in [6.07, 6.45) is 4.87. The van der Waals surface area contributed by atoms with Crippen molar-refractivity contribution >= 4 is 40.7 Å². The van der Waals surface area contributed by atoms with Crippen molar-refractivity contribution in [2.45, 2.75) is 6.04 Å². The Morgan fingerprint density at radius 1 is 1.18 bits per heavy atom. The molecule has 34 heavy (non-hydrogen) atoms. The summed E-state index contributed by atoms with van der Waals surface area (Å²) in [5.74, 6) is 0.452. The molecular formula is C21H19Cl2N9O2. The van der Waals surface area contributed by atoms with Gasteiger partial charge in [-0.1, -0.05) is 23.2 Å². The summed E-state index contributed by atoms with van der Waals surface area (Å²) in [6.45, 7) is 0.227. The van der Waals surface area contributed by atoms with Crippen LogP contribution in [0, 0.1) is 10.1 Å². The fourth-order valence-corrected chi connectivity index (χ4v) is 3.76. The summed E-state index contributed by atoms with van der Waals surface area (Å²) in [7, 11) is 1.56. The number of pyridine rings is 1. The van der Waals surface area contributed by atoms with E-state index >= 15 is 0 Å². The molecule has 0 aliphatic carbocycles. The highest BCUT2D eigenvalue weighted by atomic mass is 35.5. The molecule has 1 unspecified atom stereocenters. The molecule has 3 aromatic heterocycles. The van der Waals surface area contributed by atoms with Crippen LogP contribution in [0.15, 0.2) is 49.1 Å². The predicted octanol–water partition coefficient (Wildman–Crippen LogP) is 4.30. The Bertz CT molecular complexity index is 1330. The first-order valence-electron chi connectivity index (χ1n) is 10.0. The van der Waals surface area contributed by atoms with Gasteiger partial charge in [0.15, 0.2) is 0 Å². The van der Waals surface area contributed by atoms with E-state index < -0.39 is 11.0 Å². The van der Waals surface area contributed by atoms with Crippen LogP contribution in [-0.4, -0.2) is 43.4 Å². The first-order valence-corrected chi connectivity index (χ1v) is 10.8. The van der Waals surface area contributed by atoms with Crippen molar-refractivity contribution in [1.29, 1.82) is 0 Å². The average molecular weight is 500 g/mol. The van der Waals surface area contributed by atoms with Crippen LogP contribution in [0.2, 0.25) is 10.0 Å². The van der Waals surface area contributed by atoms with Gasteiger partial charge in [-0.05, 0) is 24.3 Å². The summed E-state index contributed by atoms with van der Waals surface area (Å²) in [5, 5.41) is 17.9. The van der Waals surface area contributed by atoms with Crippen LogP contribution < -0.4 is 16.4 Å². The standard InChI is InChI=1S/C21H19Cl2N9O2/c1-25-20-18(32(33)34)5-4-16(30-20)15(24)8-28-21-27-7-13(17-9-26-10-29-17)19(31-21)12-3-2-11(22)6-14(12)23/h2-7,9-10,15H,8,24H2,1H3,(H,25,30)(H,26,29)(H,27,28,31). The molecule has 0 bridgehead atoms. The zero-order valence-corrected chi connectivity index (χ0v) is 19.3. The van der Waals surface area contributed by atoms with Crippen molar-refractivity contribution in [2.75, 3.05) is 24.2 Å². The lowest BCUT2D eigenvalue weighted by atomic mass is 10.1. The largest absolute Gasteiger partial charge is 0.367 e. The zero-order valence-electron chi connectivity index (χ0n) is 17.8. The van der Waals surface area contributed by atoms with Gasteiger partial charge >= 0.3 is 5.69 Å². The molecule has 1 aromatic carbocycles. The zero-order chi connectivity index (χ0) is 24.2. The molecule has 174 valence electrons. The van der Waals surface area contributed by atoms with Crippen molar-refractivity contribution in [3.8, 4) is 22.5 Å². The van der Waals surface area contributed by atoms with Gasteiger partial charge in [-0.3, -0.25) is 10.1 Å². The van der Waals surface area contributed by atoms with E-state index in [1.807, 2.05) is 0 Å². The molecular weight excluding hydrogens is 481 g/mol. The lowest BCUT2D eigenvalue weighted by Crippen LogP contribution is -2.23. The van der Waals surface area contributed by atoms with Crippen LogP contribution in [0.4, 0.5) is 17.5 Å². The number of benzene rings is 1. The number of anilines is 2. The van der Waals surface area contributed by atoms with Gasteiger partial charge in [-0.25, -0.2) is 19.9 Å². The highest BCUT2D eigenvalue weighted by molar-refractivity contribution is 6.36. The fourth-order valence-electron chi connectivity index (χ4n) is 3.26. The minimum absolute atomic E-state index is 0.131. The number of rotatable bonds is 8. The van der Waals surface area contributed by atoms with Gasteiger partial charge in [0, 0.05) is 42.0 Å². The Morgan fingerprint density at radius 2 is 2.00 bits per heavy atom. The number of nitrogens with one attached hydrogen (secondary N) is 3. The molecule has 0 saturated carbocycles. The summed E-state index contributed by atoms with van der Waals surface area (Å²) in [5.41, 5.74) is 9.26. The SMILES string of the molecule is CNc1nc(C(N)CNc2ncc(-c3cnc[nH]3)c(-c3ccc(Cl)cc3Cl)n2)ccc1[N+](=O)[O-]. The van der Waals surface area contributed by atoms with E-state index in [4.69, 9.17) is 28.9 Å². The van der Waals surface area contributed by atoms with Gasteiger partial charge in [0.1, 0.15) is 0 Å². The number of nitrogens with zero attached hydrogens (tertiary/aromatic N) is 5. The Balaban J connectivity index is 1.61. The number of imidazole rings is 1. The normalized spacial score (nSPS) is 11.8. The predicted molar refractivity (Wildman–Crippen MR) is 131 cm³/mol. The fraction of sp³-hybridized carbons (Fsp3) is 0.143. The van der Waals surface area contributed by atoms with E-state index in [1.54, 1.807) is 44.0 Å². The van der Waals surface area contributed by atoms with E-state index in [0.29, 0.717) is 38.5 Å². The van der Waals surface area contributed by atoms with Crippen molar-refractivity contribution in [2.24, 2.45) is 5.73 Å². The number of H-pyrrole nitrogens is 1. The van der Waals surface area contributed by atoms with E-state index in [1.165, 1.54) is 12.1 Å². The molecule has 4 aromatic rings. The molecule has 13 heteroatoms. The number of hydrogen-bond acceptors (Lipinski definition) is 9. The summed E-state index contributed by atoms with van der Waals surface area (Å²) in [6, 6.07) is 7.45. The number of nitro groups is 1. The van der Waals surface area contributed by atoms with Crippen LogP contribution in [-0.2, 0) is 0 Å². The second-order valence-electron chi connectivity index (χ2n) is 7.14. The van der Waals surface area contributed by atoms with Crippen LogP contribution in [0.5, 0.6) is 0 Å². The second kappa shape index (κ2) is 10.00. The maximum Gasteiger partial charge on any atom is 0.311 e. The lowest BCUT2D eigenvalue weighted by Gasteiger charge is -2.15. The lowest BCUT2D eigenvalue weighted by molar-refractivity contribution is -0.384. The first kappa shape index (κ1) is 23.4. The minimum atomic E-state index is -0.577. The molecule has 0 radical (unpaired) electrons. The number of aromatic nitrogens is 5. The van der Waals surface area contributed by atoms with Crippen LogP contribution in [0.1, 0.15) is 11.7 Å². The molecule has 5 N–H and O–H groups in total. The summed E-state index contributed by atoms with van der Waals surface area (Å²) < 4.78 is 0. The maximum absolute atomic E-state index is 11.1. The third-order valence-corrected chi connectivity index (χ3v) is 5.50. The minimum Gasteiger partial charge on any atom is -0.367 e. The third kappa shape index (κ3) is 4.91. The summed E-state index contributed by atoms with van der Waals surface area (Å²) in [4.78, 5) is 31.0. The second-order valence-corrected chi connectivity index (χ2v) is 7.99. The molecule has 0 spiro atoms. The van der Waals surface area contributed by atoms with Gasteiger partial charge in [0.25, 0.3) is 0 Å². The quantitative estimate of drug-likeness (QED) is 0.204. The van der Waals surface area contributed by atoms with Gasteiger partial charge in [-0.15, -0.1) is 0 Å². The molecule has 3 heterocycles. The monoisotopic (exact) mass is 499 g/mol. The van der Waals surface area contributed by atoms with Crippen molar-refractivity contribution < 1.29 is 4.92 Å². The molecule has 0 saturated heterocycles. The van der Waals surface area contributed by atoms with Crippen molar-refractivity contribution in [1.82, 2.24) is 24.9 Å². The van der Waals surface area contributed by atoms with Crippen LogP contribution in [0.25, 0.3) is 22.5 Å². The van der Waals surface area contributed by atoms with Crippen LogP contribution >= 0.6 is 23.2 Å². The highest BCUT2D eigenvalue weighted by Gasteiger charge is 2.19. The maximum atomic E-state index is 11.1. The smallest absolute Gasteiger partial charge is 0.311 e. The van der Waals surface area contributed by atoms with Gasteiger partial charge in [0.05, 0.1) is 45.6 Å². The molecule has 0 aliphatic heterocycles. The average Bonchev–Trinajstić information content (AvgIpc) is 3.36. The Morgan fingerprint density at radius 3 is 2.68 bits per heavy atom. The number of halogens is 2. The number of hydrogen-bond donors (Lipinski definition) is 4.